The van der Waals surface area contributed by atoms with E-state index in [0.29, 0.717) is 6.79 Å². The van der Waals surface area contributed by atoms with Crippen molar-refractivity contribution in [2.45, 2.75) is 19.4 Å². The molecule has 0 saturated carbocycles. The molecule has 104 valence electrons. The molecule has 1 heterocycles. The van der Waals surface area contributed by atoms with E-state index in [9.17, 15) is 0 Å². The maximum Gasteiger partial charge on any atom is 0.231 e. The third-order valence-electron chi connectivity index (χ3n) is 3.37. The molecule has 0 bridgehead atoms. The molecule has 3 rings (SSSR count). The van der Waals surface area contributed by atoms with Gasteiger partial charge in [-0.25, -0.2) is 0 Å². The summed E-state index contributed by atoms with van der Waals surface area (Å²) in [5.41, 5.74) is 2.19. The lowest BCUT2D eigenvalue weighted by Crippen LogP contribution is -2.09. The van der Waals surface area contributed by atoms with Gasteiger partial charge in [0.25, 0.3) is 0 Å². The van der Waals surface area contributed by atoms with Crippen molar-refractivity contribution in [3.8, 4) is 11.5 Å². The lowest BCUT2D eigenvalue weighted by atomic mass is 10.0. The van der Waals surface area contributed by atoms with Crippen molar-refractivity contribution in [1.29, 1.82) is 0 Å². The van der Waals surface area contributed by atoms with Crippen molar-refractivity contribution in [2.75, 3.05) is 12.1 Å². The molecule has 0 aliphatic carbocycles. The van der Waals surface area contributed by atoms with E-state index in [1.807, 2.05) is 36.4 Å². The Morgan fingerprint density at radius 3 is 2.80 bits per heavy atom. The number of rotatable bonds is 4. The minimum Gasteiger partial charge on any atom is -0.454 e. The van der Waals surface area contributed by atoms with E-state index in [1.165, 1.54) is 5.56 Å². The molecular weight excluding hydrogens is 274 g/mol. The van der Waals surface area contributed by atoms with Crippen molar-refractivity contribution in [2.24, 2.45) is 0 Å². The van der Waals surface area contributed by atoms with E-state index in [0.717, 1.165) is 28.6 Å². The lowest BCUT2D eigenvalue weighted by molar-refractivity contribution is 0.174. The summed E-state index contributed by atoms with van der Waals surface area (Å²) in [6, 6.07) is 14.1. The first kappa shape index (κ1) is 13.1. The zero-order chi connectivity index (χ0) is 13.9. The highest BCUT2D eigenvalue weighted by atomic mass is 35.5. The molecule has 20 heavy (non-hydrogen) atoms. The first-order valence-electron chi connectivity index (χ1n) is 6.68. The van der Waals surface area contributed by atoms with Crippen LogP contribution in [0.2, 0.25) is 5.02 Å². The van der Waals surface area contributed by atoms with Crippen molar-refractivity contribution >= 4 is 17.3 Å². The summed E-state index contributed by atoms with van der Waals surface area (Å²) in [6.45, 7) is 2.44. The topological polar surface area (TPSA) is 30.5 Å². The number of nitrogens with one attached hydrogen (secondary N) is 1. The smallest absolute Gasteiger partial charge is 0.231 e. The number of hydrogen-bond acceptors (Lipinski definition) is 3. The molecule has 0 spiro atoms. The van der Waals surface area contributed by atoms with Crippen LogP contribution in [0.25, 0.3) is 0 Å². The number of fused-ring (bicyclic) bond motifs is 1. The molecule has 2 aromatic rings. The van der Waals surface area contributed by atoms with Gasteiger partial charge < -0.3 is 14.8 Å². The van der Waals surface area contributed by atoms with E-state index in [2.05, 4.69) is 18.3 Å². The van der Waals surface area contributed by atoms with Gasteiger partial charge in [-0.05, 0) is 36.2 Å². The van der Waals surface area contributed by atoms with Gasteiger partial charge in [0, 0.05) is 16.8 Å². The number of halogens is 1. The highest BCUT2D eigenvalue weighted by Gasteiger charge is 2.15. The first-order chi connectivity index (χ1) is 9.76. The van der Waals surface area contributed by atoms with Crippen LogP contribution in [-0.2, 0) is 0 Å². The molecule has 1 N–H and O–H groups in total. The molecule has 1 unspecified atom stereocenters. The standard InChI is InChI=1S/C16H16ClNO2/c1-2-14(11-4-3-5-12(17)8-11)18-13-6-7-15-16(9-13)20-10-19-15/h3-9,14,18H,2,10H2,1H3. The van der Waals surface area contributed by atoms with Crippen LogP contribution in [0.4, 0.5) is 5.69 Å². The van der Waals surface area contributed by atoms with Gasteiger partial charge in [0.05, 0.1) is 6.04 Å². The Kier molecular flexibility index (Phi) is 3.70. The van der Waals surface area contributed by atoms with Crippen molar-refractivity contribution in [1.82, 2.24) is 0 Å². The largest absolute Gasteiger partial charge is 0.454 e. The van der Waals surface area contributed by atoms with Gasteiger partial charge in [-0.1, -0.05) is 30.7 Å². The first-order valence-corrected chi connectivity index (χ1v) is 7.05. The Morgan fingerprint density at radius 2 is 2.00 bits per heavy atom. The van der Waals surface area contributed by atoms with Gasteiger partial charge >= 0.3 is 0 Å². The minimum atomic E-state index is 0.217. The quantitative estimate of drug-likeness (QED) is 0.890. The fourth-order valence-corrected chi connectivity index (χ4v) is 2.53. The van der Waals surface area contributed by atoms with E-state index in [4.69, 9.17) is 21.1 Å². The fraction of sp³-hybridized carbons (Fsp3) is 0.250. The normalized spacial score (nSPS) is 14.1. The third-order valence-corrected chi connectivity index (χ3v) is 3.61. The van der Waals surface area contributed by atoms with Crippen LogP contribution in [0.15, 0.2) is 42.5 Å². The van der Waals surface area contributed by atoms with Crippen molar-refractivity contribution in [3.63, 3.8) is 0 Å². The van der Waals surface area contributed by atoms with E-state index in [1.54, 1.807) is 0 Å². The van der Waals surface area contributed by atoms with E-state index < -0.39 is 0 Å². The van der Waals surface area contributed by atoms with Crippen LogP contribution in [0, 0.1) is 0 Å². The molecule has 4 heteroatoms. The van der Waals surface area contributed by atoms with Gasteiger partial charge in [0.15, 0.2) is 11.5 Å². The highest BCUT2D eigenvalue weighted by Crippen LogP contribution is 2.35. The second-order valence-corrected chi connectivity index (χ2v) is 5.16. The molecule has 0 amide bonds. The average molecular weight is 290 g/mol. The summed E-state index contributed by atoms with van der Waals surface area (Å²) >= 11 is 6.06. The predicted molar refractivity (Wildman–Crippen MR) is 80.7 cm³/mol. The molecule has 1 aliphatic heterocycles. The zero-order valence-electron chi connectivity index (χ0n) is 11.2. The zero-order valence-corrected chi connectivity index (χ0v) is 12.0. The molecule has 0 saturated heterocycles. The number of benzene rings is 2. The van der Waals surface area contributed by atoms with Gasteiger partial charge in [-0.15, -0.1) is 0 Å². The van der Waals surface area contributed by atoms with E-state index >= 15 is 0 Å². The van der Waals surface area contributed by atoms with Crippen LogP contribution >= 0.6 is 11.6 Å². The molecular formula is C16H16ClNO2. The van der Waals surface area contributed by atoms with Gasteiger partial charge in [-0.2, -0.15) is 0 Å². The minimum absolute atomic E-state index is 0.217. The van der Waals surface area contributed by atoms with Crippen molar-refractivity contribution < 1.29 is 9.47 Å². The molecule has 0 aromatic heterocycles. The summed E-state index contributed by atoms with van der Waals surface area (Å²) < 4.78 is 10.7. The summed E-state index contributed by atoms with van der Waals surface area (Å²) in [5.74, 6) is 1.59. The molecule has 0 fully saturated rings. The Labute approximate surface area is 123 Å². The molecule has 1 aliphatic rings. The maximum atomic E-state index is 6.06. The van der Waals surface area contributed by atoms with Crippen LogP contribution in [0.3, 0.4) is 0 Å². The molecule has 3 nitrogen and oxygen atoms in total. The fourth-order valence-electron chi connectivity index (χ4n) is 2.33. The summed E-state index contributed by atoms with van der Waals surface area (Å²) in [6.07, 6.45) is 0.967. The third kappa shape index (κ3) is 2.68. The molecule has 2 aromatic carbocycles. The highest BCUT2D eigenvalue weighted by molar-refractivity contribution is 6.30. The predicted octanol–water partition coefficient (Wildman–Crippen LogP) is 4.63. The van der Waals surface area contributed by atoms with Crippen LogP contribution < -0.4 is 14.8 Å². The Balaban J connectivity index is 1.81. The van der Waals surface area contributed by atoms with Gasteiger partial charge in [0.2, 0.25) is 6.79 Å². The molecule has 1 atom stereocenters. The second kappa shape index (κ2) is 5.63. The maximum absolute atomic E-state index is 6.06. The lowest BCUT2D eigenvalue weighted by Gasteiger charge is -2.19. The Morgan fingerprint density at radius 1 is 1.15 bits per heavy atom. The summed E-state index contributed by atoms with van der Waals surface area (Å²) in [4.78, 5) is 0. The average Bonchev–Trinajstić information content (AvgIpc) is 2.92. The summed E-state index contributed by atoms with van der Waals surface area (Å²) in [5, 5.41) is 4.27. The summed E-state index contributed by atoms with van der Waals surface area (Å²) in [7, 11) is 0. The van der Waals surface area contributed by atoms with Crippen LogP contribution in [0.1, 0.15) is 24.9 Å². The van der Waals surface area contributed by atoms with Gasteiger partial charge in [-0.3, -0.25) is 0 Å². The number of hydrogen-bond donors (Lipinski definition) is 1. The SMILES string of the molecule is CCC(Nc1ccc2c(c1)OCO2)c1cccc(Cl)c1. The number of ether oxygens (including phenoxy) is 2. The van der Waals surface area contributed by atoms with Gasteiger partial charge in [0.1, 0.15) is 0 Å². The van der Waals surface area contributed by atoms with Crippen LogP contribution in [-0.4, -0.2) is 6.79 Å². The number of anilines is 1. The monoisotopic (exact) mass is 289 g/mol. The second-order valence-electron chi connectivity index (χ2n) is 4.73. The Hall–Kier alpha value is -1.87. The van der Waals surface area contributed by atoms with E-state index in [-0.39, 0.29) is 6.04 Å². The van der Waals surface area contributed by atoms with Crippen LogP contribution in [0.5, 0.6) is 11.5 Å². The van der Waals surface area contributed by atoms with Crippen molar-refractivity contribution in [3.05, 3.63) is 53.1 Å². The Bertz CT molecular complexity index is 615. The molecule has 0 radical (unpaired) electrons.